The minimum absolute atomic E-state index is 0.00435. The van der Waals surface area contributed by atoms with Gasteiger partial charge in [0.1, 0.15) is 0 Å². The molecule has 1 aromatic carbocycles. The van der Waals surface area contributed by atoms with Crippen molar-refractivity contribution in [3.05, 3.63) is 34.2 Å². The first-order chi connectivity index (χ1) is 9.65. The van der Waals surface area contributed by atoms with Crippen molar-refractivity contribution in [2.24, 2.45) is 4.99 Å². The molecule has 1 aliphatic rings. The smallest absolute Gasteiger partial charge is 0.306 e. The highest BCUT2D eigenvalue weighted by Crippen LogP contribution is 2.23. The van der Waals surface area contributed by atoms with Crippen LogP contribution in [0.15, 0.2) is 28.0 Å². The third kappa shape index (κ3) is 2.69. The topological polar surface area (TPSA) is 50.1 Å². The van der Waals surface area contributed by atoms with Crippen molar-refractivity contribution in [3.8, 4) is 0 Å². The van der Waals surface area contributed by atoms with Crippen molar-refractivity contribution in [1.82, 2.24) is 9.55 Å². The number of rotatable bonds is 1. The van der Waals surface area contributed by atoms with Gasteiger partial charge >= 0.3 is 5.69 Å². The fourth-order valence-electron chi connectivity index (χ4n) is 2.78. The van der Waals surface area contributed by atoms with Gasteiger partial charge in [-0.1, -0.05) is 26.0 Å². The Morgan fingerprint density at radius 2 is 2.10 bits per heavy atom. The molecule has 0 unspecified atom stereocenters. The van der Waals surface area contributed by atoms with Crippen molar-refractivity contribution >= 4 is 16.7 Å². The van der Waals surface area contributed by atoms with Gasteiger partial charge in [0, 0.05) is 12.3 Å². The first-order valence-corrected chi connectivity index (χ1v) is 7.36. The zero-order chi connectivity index (χ0) is 14.7. The summed E-state index contributed by atoms with van der Waals surface area (Å²) >= 11 is 0. The number of aromatic nitrogens is 2. The van der Waals surface area contributed by atoms with Crippen LogP contribution in [0.2, 0.25) is 0 Å². The van der Waals surface area contributed by atoms with E-state index in [4.69, 9.17) is 0 Å². The van der Waals surface area contributed by atoms with Gasteiger partial charge in [-0.15, -0.1) is 0 Å². The molecule has 0 spiro atoms. The molecule has 0 radical (unpaired) electrons. The van der Waals surface area contributed by atoms with Gasteiger partial charge in [0.25, 0.3) is 0 Å². The van der Waals surface area contributed by atoms with Gasteiger partial charge in [-0.25, -0.2) is 4.79 Å². The Balaban J connectivity index is 0.000000704. The average molecular weight is 273 g/mol. The van der Waals surface area contributed by atoms with E-state index in [0.29, 0.717) is 6.04 Å². The van der Waals surface area contributed by atoms with Crippen LogP contribution < -0.4 is 5.69 Å². The first-order valence-electron chi connectivity index (χ1n) is 7.36. The average Bonchev–Trinajstić information content (AvgIpc) is 2.62. The lowest BCUT2D eigenvalue weighted by atomic mass is 10.0. The van der Waals surface area contributed by atoms with Crippen molar-refractivity contribution in [3.63, 3.8) is 0 Å². The van der Waals surface area contributed by atoms with Gasteiger partial charge in [-0.2, -0.15) is 0 Å². The summed E-state index contributed by atoms with van der Waals surface area (Å²) in [6.07, 6.45) is 1.84. The van der Waals surface area contributed by atoms with Gasteiger partial charge in [0.05, 0.1) is 17.1 Å². The Hall–Kier alpha value is -1.84. The van der Waals surface area contributed by atoms with Gasteiger partial charge in [0.2, 0.25) is 0 Å². The fourth-order valence-corrected chi connectivity index (χ4v) is 2.78. The van der Waals surface area contributed by atoms with E-state index < -0.39 is 0 Å². The van der Waals surface area contributed by atoms with Crippen molar-refractivity contribution in [2.75, 3.05) is 0 Å². The van der Waals surface area contributed by atoms with E-state index in [-0.39, 0.29) is 5.69 Å². The molecule has 4 nitrogen and oxygen atoms in total. The SMILES string of the molecule is CC.CC(C)=N[C@@H]1CCn2c(=O)[nH]c3cccc(c32)C1. The maximum atomic E-state index is 11.9. The van der Waals surface area contributed by atoms with E-state index in [2.05, 4.69) is 16.0 Å². The number of aromatic amines is 1. The van der Waals surface area contributed by atoms with Gasteiger partial charge in [-0.05, 0) is 38.3 Å². The van der Waals surface area contributed by atoms with Crippen molar-refractivity contribution in [1.29, 1.82) is 0 Å². The third-order valence-electron chi connectivity index (χ3n) is 3.46. The number of aliphatic imine (C=N–C) groups is 1. The van der Waals surface area contributed by atoms with E-state index in [1.807, 2.05) is 44.4 Å². The van der Waals surface area contributed by atoms with Crippen LogP contribution in [0.3, 0.4) is 0 Å². The molecule has 1 aromatic heterocycles. The van der Waals surface area contributed by atoms with E-state index in [1.165, 1.54) is 5.56 Å². The second kappa shape index (κ2) is 6.07. The van der Waals surface area contributed by atoms with Crippen LogP contribution in [0.5, 0.6) is 0 Å². The van der Waals surface area contributed by atoms with Crippen LogP contribution in [0.1, 0.15) is 39.7 Å². The molecule has 0 fully saturated rings. The second-order valence-electron chi connectivity index (χ2n) is 5.12. The van der Waals surface area contributed by atoms with Gasteiger partial charge < -0.3 is 4.98 Å². The normalized spacial score (nSPS) is 17.1. The fraction of sp³-hybridized carbons (Fsp3) is 0.500. The molecule has 0 saturated heterocycles. The number of imidazole rings is 1. The molecule has 1 atom stereocenters. The second-order valence-corrected chi connectivity index (χ2v) is 5.12. The lowest BCUT2D eigenvalue weighted by Gasteiger charge is -2.09. The van der Waals surface area contributed by atoms with E-state index in [1.54, 1.807) is 0 Å². The van der Waals surface area contributed by atoms with Crippen LogP contribution in [-0.4, -0.2) is 21.3 Å². The predicted octanol–water partition coefficient (Wildman–Crippen LogP) is 3.15. The summed E-state index contributed by atoms with van der Waals surface area (Å²) in [6, 6.07) is 6.36. The van der Waals surface area contributed by atoms with Crippen LogP contribution >= 0.6 is 0 Å². The standard InChI is InChI=1S/C14H17N3O.C2H6/c1-9(2)15-11-6-7-17-13-10(8-11)4-3-5-12(13)16-14(17)18;1-2/h3-5,11H,6-8H2,1-2H3,(H,16,18);1-2H3/t11-;/m1./s1. The summed E-state index contributed by atoms with van der Waals surface area (Å²) < 4.78 is 1.85. The minimum atomic E-state index is -0.00435. The summed E-state index contributed by atoms with van der Waals surface area (Å²) in [5, 5.41) is 0. The van der Waals surface area contributed by atoms with Crippen molar-refractivity contribution < 1.29 is 0 Å². The Morgan fingerprint density at radius 3 is 2.80 bits per heavy atom. The molecular weight excluding hydrogens is 250 g/mol. The molecule has 1 aliphatic heterocycles. The Morgan fingerprint density at radius 1 is 1.35 bits per heavy atom. The molecule has 2 aromatic rings. The summed E-state index contributed by atoms with van der Waals surface area (Å²) in [4.78, 5) is 19.5. The predicted molar refractivity (Wildman–Crippen MR) is 84.8 cm³/mol. The summed E-state index contributed by atoms with van der Waals surface area (Å²) in [5.74, 6) is 0. The molecule has 3 rings (SSSR count). The van der Waals surface area contributed by atoms with Gasteiger partial charge in [0.15, 0.2) is 0 Å². The minimum Gasteiger partial charge on any atom is -0.306 e. The Bertz CT molecular complexity index is 675. The van der Waals surface area contributed by atoms with Crippen LogP contribution in [0, 0.1) is 0 Å². The van der Waals surface area contributed by atoms with Gasteiger partial charge in [-0.3, -0.25) is 9.56 Å². The summed E-state index contributed by atoms with van der Waals surface area (Å²) in [6.45, 7) is 8.80. The maximum absolute atomic E-state index is 11.9. The van der Waals surface area contributed by atoms with Crippen LogP contribution in [0.25, 0.3) is 11.0 Å². The van der Waals surface area contributed by atoms with E-state index in [9.17, 15) is 4.79 Å². The zero-order valence-electron chi connectivity index (χ0n) is 12.7. The Kier molecular flexibility index (Phi) is 4.42. The monoisotopic (exact) mass is 273 g/mol. The Labute approximate surface area is 119 Å². The molecule has 2 heterocycles. The summed E-state index contributed by atoms with van der Waals surface area (Å²) in [7, 11) is 0. The van der Waals surface area contributed by atoms with E-state index >= 15 is 0 Å². The number of nitrogens with one attached hydrogen (secondary N) is 1. The van der Waals surface area contributed by atoms with E-state index in [0.717, 1.165) is 36.1 Å². The summed E-state index contributed by atoms with van der Waals surface area (Å²) in [5.41, 5.74) is 4.32. The first kappa shape index (κ1) is 14.6. The highest BCUT2D eigenvalue weighted by atomic mass is 16.1. The molecule has 0 saturated carbocycles. The molecule has 0 bridgehead atoms. The molecule has 20 heavy (non-hydrogen) atoms. The van der Waals surface area contributed by atoms with Crippen LogP contribution in [-0.2, 0) is 13.0 Å². The third-order valence-corrected chi connectivity index (χ3v) is 3.46. The number of hydrogen-bond donors (Lipinski definition) is 1. The van der Waals surface area contributed by atoms with Crippen molar-refractivity contribution in [2.45, 2.75) is 53.1 Å². The lowest BCUT2D eigenvalue weighted by Crippen LogP contribution is -2.18. The number of H-pyrrole nitrogens is 1. The highest BCUT2D eigenvalue weighted by molar-refractivity contribution is 5.80. The molecule has 1 N–H and O–H groups in total. The van der Waals surface area contributed by atoms with Crippen LogP contribution in [0.4, 0.5) is 0 Å². The number of nitrogens with zero attached hydrogens (tertiary/aromatic N) is 2. The maximum Gasteiger partial charge on any atom is 0.326 e. The largest absolute Gasteiger partial charge is 0.326 e. The molecule has 0 aliphatic carbocycles. The number of aryl methyl sites for hydroxylation is 1. The number of hydrogen-bond acceptors (Lipinski definition) is 2. The highest BCUT2D eigenvalue weighted by Gasteiger charge is 2.19. The number of para-hydroxylation sites is 1. The quantitative estimate of drug-likeness (QED) is 0.797. The molecular formula is C16H23N3O. The molecule has 4 heteroatoms. The molecule has 108 valence electrons. The zero-order valence-corrected chi connectivity index (χ0v) is 12.7. The molecule has 0 amide bonds. The lowest BCUT2D eigenvalue weighted by molar-refractivity contribution is 0.557. The number of benzene rings is 1.